The summed E-state index contributed by atoms with van der Waals surface area (Å²) >= 11 is 0. The number of nitrogens with zero attached hydrogens (tertiary/aromatic N) is 1. The van der Waals surface area contributed by atoms with E-state index in [0.717, 1.165) is 18.8 Å². The summed E-state index contributed by atoms with van der Waals surface area (Å²) in [7, 11) is 0. The van der Waals surface area contributed by atoms with Crippen LogP contribution in [0.1, 0.15) is 36.5 Å². The molecule has 5 heteroatoms. The van der Waals surface area contributed by atoms with Gasteiger partial charge in [-0.05, 0) is 31.2 Å². The highest BCUT2D eigenvalue weighted by Gasteiger charge is 2.21. The monoisotopic (exact) mass is 235 g/mol. The van der Waals surface area contributed by atoms with Crippen molar-refractivity contribution in [2.75, 3.05) is 11.1 Å². The van der Waals surface area contributed by atoms with Gasteiger partial charge in [0, 0.05) is 6.04 Å². The van der Waals surface area contributed by atoms with Crippen molar-refractivity contribution in [1.82, 2.24) is 4.98 Å². The van der Waals surface area contributed by atoms with Crippen LogP contribution in [0.2, 0.25) is 0 Å². The number of hydrogen-bond acceptors (Lipinski definition) is 4. The highest BCUT2D eigenvalue weighted by atomic mass is 16.4. The number of aromatic carboxylic acids is 1. The first-order valence-corrected chi connectivity index (χ1v) is 5.81. The van der Waals surface area contributed by atoms with Gasteiger partial charge < -0.3 is 16.2 Å². The lowest BCUT2D eigenvalue weighted by atomic mass is 10.1. The molecule has 4 N–H and O–H groups in total. The Hall–Kier alpha value is -1.78. The highest BCUT2D eigenvalue weighted by Crippen LogP contribution is 2.27. The van der Waals surface area contributed by atoms with E-state index >= 15 is 0 Å². The van der Waals surface area contributed by atoms with Crippen molar-refractivity contribution in [2.45, 2.75) is 32.2 Å². The molecule has 2 rings (SSSR count). The Bertz CT molecular complexity index is 434. The van der Waals surface area contributed by atoms with Crippen LogP contribution < -0.4 is 11.1 Å². The number of nitrogen functional groups attached to an aromatic ring is 1. The van der Waals surface area contributed by atoms with Crippen LogP contribution in [0.15, 0.2) is 12.3 Å². The average Bonchev–Trinajstić information content (AvgIpc) is 2.66. The molecule has 1 saturated carbocycles. The molecule has 1 fully saturated rings. The second-order valence-corrected chi connectivity index (χ2v) is 4.72. The molecule has 92 valence electrons. The molecule has 2 atom stereocenters. The molecule has 0 spiro atoms. The summed E-state index contributed by atoms with van der Waals surface area (Å²) in [6.07, 6.45) is 4.81. The minimum atomic E-state index is -1.02. The molecular weight excluding hydrogens is 218 g/mol. The summed E-state index contributed by atoms with van der Waals surface area (Å²) < 4.78 is 0. The molecule has 5 nitrogen and oxygen atoms in total. The lowest BCUT2D eigenvalue weighted by molar-refractivity contribution is 0.0698. The largest absolute Gasteiger partial charge is 0.478 e. The maximum Gasteiger partial charge on any atom is 0.337 e. The number of aromatic nitrogens is 1. The average molecular weight is 235 g/mol. The number of carbonyl (C=O) groups is 1. The minimum Gasteiger partial charge on any atom is -0.478 e. The van der Waals surface area contributed by atoms with Gasteiger partial charge in [0.25, 0.3) is 0 Å². The standard InChI is InChI=1S/C12H17N3O2/c1-7-2-3-8(4-7)15-11-5-9(12(16)17)10(13)6-14-11/h5-8H,2-4,13H2,1H3,(H,14,15)(H,16,17). The molecule has 1 heterocycles. The van der Waals surface area contributed by atoms with E-state index in [4.69, 9.17) is 10.8 Å². The van der Waals surface area contributed by atoms with Crippen LogP contribution in [0.5, 0.6) is 0 Å². The SMILES string of the molecule is CC1CCC(Nc2cc(C(=O)O)c(N)cn2)C1. The molecule has 1 aromatic heterocycles. The smallest absolute Gasteiger partial charge is 0.337 e. The van der Waals surface area contributed by atoms with Gasteiger partial charge in [-0.3, -0.25) is 0 Å². The highest BCUT2D eigenvalue weighted by molar-refractivity contribution is 5.94. The number of nitrogens with one attached hydrogen (secondary N) is 1. The zero-order chi connectivity index (χ0) is 12.4. The van der Waals surface area contributed by atoms with E-state index in [-0.39, 0.29) is 11.3 Å². The Morgan fingerprint density at radius 2 is 2.35 bits per heavy atom. The second-order valence-electron chi connectivity index (χ2n) is 4.72. The Labute approximate surface area is 100 Å². The van der Waals surface area contributed by atoms with Crippen molar-refractivity contribution in [3.05, 3.63) is 17.8 Å². The second kappa shape index (κ2) is 4.61. The third-order valence-corrected chi connectivity index (χ3v) is 3.21. The lowest BCUT2D eigenvalue weighted by Gasteiger charge is -2.13. The molecule has 0 aromatic carbocycles. The van der Waals surface area contributed by atoms with Gasteiger partial charge in [0.1, 0.15) is 5.82 Å². The van der Waals surface area contributed by atoms with Gasteiger partial charge in [0.2, 0.25) is 0 Å². The summed E-state index contributed by atoms with van der Waals surface area (Å²) in [4.78, 5) is 15.0. The van der Waals surface area contributed by atoms with Crippen molar-refractivity contribution in [2.24, 2.45) is 5.92 Å². The van der Waals surface area contributed by atoms with Gasteiger partial charge in [-0.2, -0.15) is 0 Å². The number of rotatable bonds is 3. The van der Waals surface area contributed by atoms with Crippen LogP contribution in [0, 0.1) is 5.92 Å². The number of carboxylic acids is 1. The zero-order valence-electron chi connectivity index (χ0n) is 9.81. The Morgan fingerprint density at radius 1 is 1.59 bits per heavy atom. The van der Waals surface area contributed by atoms with Crippen LogP contribution in [-0.4, -0.2) is 22.1 Å². The molecule has 1 aliphatic rings. The van der Waals surface area contributed by atoms with E-state index < -0.39 is 5.97 Å². The Kier molecular flexibility index (Phi) is 3.17. The van der Waals surface area contributed by atoms with Crippen molar-refractivity contribution >= 4 is 17.5 Å². The maximum atomic E-state index is 10.9. The number of hydrogen-bond donors (Lipinski definition) is 3. The number of anilines is 2. The molecule has 0 radical (unpaired) electrons. The molecular formula is C12H17N3O2. The molecule has 1 aliphatic carbocycles. The van der Waals surface area contributed by atoms with Gasteiger partial charge in [0.15, 0.2) is 0 Å². The maximum absolute atomic E-state index is 10.9. The predicted molar refractivity (Wildman–Crippen MR) is 66.0 cm³/mol. The number of carboxylic acid groups (broad SMARTS) is 1. The normalized spacial score (nSPS) is 23.6. The number of pyridine rings is 1. The zero-order valence-corrected chi connectivity index (χ0v) is 9.81. The van der Waals surface area contributed by atoms with Gasteiger partial charge in [0.05, 0.1) is 17.4 Å². The van der Waals surface area contributed by atoms with E-state index in [0.29, 0.717) is 11.9 Å². The van der Waals surface area contributed by atoms with E-state index in [2.05, 4.69) is 17.2 Å². The topological polar surface area (TPSA) is 88.2 Å². The van der Waals surface area contributed by atoms with Gasteiger partial charge in [-0.15, -0.1) is 0 Å². The third-order valence-electron chi connectivity index (χ3n) is 3.21. The van der Waals surface area contributed by atoms with Crippen LogP contribution in [0.4, 0.5) is 11.5 Å². The fourth-order valence-corrected chi connectivity index (χ4v) is 2.28. The predicted octanol–water partition coefficient (Wildman–Crippen LogP) is 1.96. The van der Waals surface area contributed by atoms with Crippen LogP contribution in [0.25, 0.3) is 0 Å². The first kappa shape index (κ1) is 11.7. The van der Waals surface area contributed by atoms with Crippen LogP contribution in [0.3, 0.4) is 0 Å². The third kappa shape index (κ3) is 2.67. The molecule has 2 unspecified atom stereocenters. The van der Waals surface area contributed by atoms with Gasteiger partial charge >= 0.3 is 5.97 Å². The summed E-state index contributed by atoms with van der Waals surface area (Å²) in [6.45, 7) is 2.22. The molecule has 1 aromatic rings. The fraction of sp³-hybridized carbons (Fsp3) is 0.500. The molecule has 0 bridgehead atoms. The Morgan fingerprint density at radius 3 is 2.94 bits per heavy atom. The van der Waals surface area contributed by atoms with Crippen molar-refractivity contribution in [3.63, 3.8) is 0 Å². The summed E-state index contributed by atoms with van der Waals surface area (Å²) in [6, 6.07) is 1.89. The van der Waals surface area contributed by atoms with Crippen molar-refractivity contribution in [3.8, 4) is 0 Å². The van der Waals surface area contributed by atoms with Gasteiger partial charge in [-0.25, -0.2) is 9.78 Å². The first-order chi connectivity index (χ1) is 8.06. The summed E-state index contributed by atoms with van der Waals surface area (Å²) in [5, 5.41) is 12.2. The van der Waals surface area contributed by atoms with Crippen LogP contribution in [-0.2, 0) is 0 Å². The number of nitrogens with two attached hydrogens (primary N) is 1. The molecule has 0 aliphatic heterocycles. The summed E-state index contributed by atoms with van der Waals surface area (Å²) in [5.41, 5.74) is 5.85. The quantitative estimate of drug-likeness (QED) is 0.745. The van der Waals surface area contributed by atoms with Gasteiger partial charge in [-0.1, -0.05) is 6.92 Å². The Balaban J connectivity index is 2.11. The molecule has 0 amide bonds. The minimum absolute atomic E-state index is 0.105. The van der Waals surface area contributed by atoms with Crippen molar-refractivity contribution in [1.29, 1.82) is 0 Å². The van der Waals surface area contributed by atoms with Crippen molar-refractivity contribution < 1.29 is 9.90 Å². The fourth-order valence-electron chi connectivity index (χ4n) is 2.28. The van der Waals surface area contributed by atoms with E-state index in [1.54, 1.807) is 0 Å². The first-order valence-electron chi connectivity index (χ1n) is 5.81. The molecule has 17 heavy (non-hydrogen) atoms. The van der Waals surface area contributed by atoms with E-state index in [1.165, 1.54) is 18.7 Å². The van der Waals surface area contributed by atoms with Crippen LogP contribution >= 0.6 is 0 Å². The summed E-state index contributed by atoms with van der Waals surface area (Å²) in [5.74, 6) is 0.295. The lowest BCUT2D eigenvalue weighted by Crippen LogP contribution is -2.17. The van der Waals surface area contributed by atoms with E-state index in [1.807, 2.05) is 0 Å². The molecule has 0 saturated heterocycles. The van der Waals surface area contributed by atoms with E-state index in [9.17, 15) is 4.79 Å².